The highest BCUT2D eigenvalue weighted by molar-refractivity contribution is 5.57. The van der Waals surface area contributed by atoms with Crippen molar-refractivity contribution in [3.8, 4) is 0 Å². The molecule has 1 N–H and O–H groups in total. The maximum Gasteiger partial charge on any atom is 0.125 e. The van der Waals surface area contributed by atoms with Crippen LogP contribution in [-0.2, 0) is 0 Å². The highest BCUT2D eigenvalue weighted by atomic mass is 19.1. The van der Waals surface area contributed by atoms with Crippen LogP contribution in [0.1, 0.15) is 24.8 Å². The molecule has 0 aromatic heterocycles. The average Bonchev–Trinajstić information content (AvgIpc) is 2.91. The lowest BCUT2D eigenvalue weighted by Crippen LogP contribution is -2.25. The van der Waals surface area contributed by atoms with Crippen LogP contribution in [-0.4, -0.2) is 19.6 Å². The van der Waals surface area contributed by atoms with E-state index in [1.807, 2.05) is 6.07 Å². The SMILES string of the molecule is CCN(CCC1CNc2ccccc21)c1cccc(F)c1. The zero-order valence-corrected chi connectivity index (χ0v) is 12.3. The van der Waals surface area contributed by atoms with Gasteiger partial charge in [-0.3, -0.25) is 0 Å². The Bertz CT molecular complexity index is 612. The predicted molar refractivity (Wildman–Crippen MR) is 86.6 cm³/mol. The van der Waals surface area contributed by atoms with E-state index in [0.29, 0.717) is 5.92 Å². The van der Waals surface area contributed by atoms with Crippen LogP contribution in [0.15, 0.2) is 48.5 Å². The second kappa shape index (κ2) is 6.17. The molecule has 0 amide bonds. The lowest BCUT2D eigenvalue weighted by atomic mass is 9.97. The monoisotopic (exact) mass is 284 g/mol. The molecule has 0 saturated carbocycles. The molecule has 0 radical (unpaired) electrons. The normalized spacial score (nSPS) is 16.4. The van der Waals surface area contributed by atoms with Gasteiger partial charge in [-0.25, -0.2) is 4.39 Å². The number of hydrogen-bond donors (Lipinski definition) is 1. The smallest absolute Gasteiger partial charge is 0.125 e. The summed E-state index contributed by atoms with van der Waals surface area (Å²) in [4.78, 5) is 2.24. The van der Waals surface area contributed by atoms with Crippen molar-refractivity contribution in [2.45, 2.75) is 19.3 Å². The van der Waals surface area contributed by atoms with Crippen LogP contribution in [0.5, 0.6) is 0 Å². The van der Waals surface area contributed by atoms with Crippen molar-refractivity contribution in [2.24, 2.45) is 0 Å². The summed E-state index contributed by atoms with van der Waals surface area (Å²) >= 11 is 0. The van der Waals surface area contributed by atoms with Crippen LogP contribution in [0.25, 0.3) is 0 Å². The van der Waals surface area contributed by atoms with Crippen LogP contribution < -0.4 is 10.2 Å². The Morgan fingerprint density at radius 1 is 1.19 bits per heavy atom. The minimum Gasteiger partial charge on any atom is -0.384 e. The van der Waals surface area contributed by atoms with Crippen LogP contribution in [0, 0.1) is 5.82 Å². The van der Waals surface area contributed by atoms with Gasteiger partial charge in [0.05, 0.1) is 0 Å². The number of fused-ring (bicyclic) bond motifs is 1. The topological polar surface area (TPSA) is 15.3 Å². The molecule has 0 spiro atoms. The van der Waals surface area contributed by atoms with Crippen molar-refractivity contribution in [2.75, 3.05) is 29.9 Å². The van der Waals surface area contributed by atoms with E-state index in [-0.39, 0.29) is 5.82 Å². The van der Waals surface area contributed by atoms with Gasteiger partial charge >= 0.3 is 0 Å². The number of rotatable bonds is 5. The fourth-order valence-electron chi connectivity index (χ4n) is 3.07. The molecule has 0 fully saturated rings. The molecule has 0 saturated heterocycles. The summed E-state index contributed by atoms with van der Waals surface area (Å²) in [6, 6.07) is 15.4. The molecule has 3 rings (SSSR count). The van der Waals surface area contributed by atoms with Crippen molar-refractivity contribution in [3.05, 3.63) is 59.9 Å². The van der Waals surface area contributed by atoms with Crippen molar-refractivity contribution in [1.29, 1.82) is 0 Å². The van der Waals surface area contributed by atoms with Crippen molar-refractivity contribution < 1.29 is 4.39 Å². The molecule has 3 heteroatoms. The predicted octanol–water partition coefficient (Wildman–Crippen LogP) is 4.25. The van der Waals surface area contributed by atoms with Gasteiger partial charge in [0.1, 0.15) is 5.82 Å². The van der Waals surface area contributed by atoms with Crippen molar-refractivity contribution in [3.63, 3.8) is 0 Å². The van der Waals surface area contributed by atoms with E-state index in [0.717, 1.165) is 31.7 Å². The van der Waals surface area contributed by atoms with Gasteiger partial charge < -0.3 is 10.2 Å². The second-order valence-electron chi connectivity index (χ2n) is 5.51. The number of para-hydroxylation sites is 1. The Morgan fingerprint density at radius 2 is 2.05 bits per heavy atom. The molecule has 21 heavy (non-hydrogen) atoms. The van der Waals surface area contributed by atoms with E-state index in [2.05, 4.69) is 41.4 Å². The first-order valence-electron chi connectivity index (χ1n) is 7.61. The van der Waals surface area contributed by atoms with Gasteiger partial charge in [-0.05, 0) is 43.2 Å². The van der Waals surface area contributed by atoms with Gasteiger partial charge in [-0.2, -0.15) is 0 Å². The zero-order valence-electron chi connectivity index (χ0n) is 12.3. The van der Waals surface area contributed by atoms with E-state index in [4.69, 9.17) is 0 Å². The molecule has 1 atom stereocenters. The number of benzene rings is 2. The van der Waals surface area contributed by atoms with E-state index >= 15 is 0 Å². The number of nitrogens with zero attached hydrogens (tertiary/aromatic N) is 1. The summed E-state index contributed by atoms with van der Waals surface area (Å²) in [5, 5.41) is 3.46. The number of hydrogen-bond acceptors (Lipinski definition) is 2. The molecule has 2 aromatic rings. The Balaban J connectivity index is 1.67. The highest BCUT2D eigenvalue weighted by Gasteiger charge is 2.21. The minimum atomic E-state index is -0.168. The molecule has 1 unspecified atom stereocenters. The Morgan fingerprint density at radius 3 is 2.86 bits per heavy atom. The number of anilines is 2. The average molecular weight is 284 g/mol. The van der Waals surface area contributed by atoms with Crippen LogP contribution >= 0.6 is 0 Å². The van der Waals surface area contributed by atoms with E-state index < -0.39 is 0 Å². The molecular formula is C18H21FN2. The van der Waals surface area contributed by atoms with Crippen molar-refractivity contribution in [1.82, 2.24) is 0 Å². The largest absolute Gasteiger partial charge is 0.384 e. The summed E-state index contributed by atoms with van der Waals surface area (Å²) in [5.41, 5.74) is 3.64. The highest BCUT2D eigenvalue weighted by Crippen LogP contribution is 2.33. The lowest BCUT2D eigenvalue weighted by molar-refractivity contribution is 0.622. The standard InChI is InChI=1S/C18H21FN2/c1-2-21(16-7-5-6-15(19)12-16)11-10-14-13-20-18-9-4-3-8-17(14)18/h3-9,12,14,20H,2,10-11,13H2,1H3. The molecule has 0 aliphatic carbocycles. The second-order valence-corrected chi connectivity index (χ2v) is 5.51. The third kappa shape index (κ3) is 3.02. The summed E-state index contributed by atoms with van der Waals surface area (Å²) in [6.45, 7) is 4.96. The van der Waals surface area contributed by atoms with Gasteiger partial charge in [0.25, 0.3) is 0 Å². The maximum atomic E-state index is 13.4. The van der Waals surface area contributed by atoms with Gasteiger partial charge in [-0.1, -0.05) is 24.3 Å². The molecule has 1 aliphatic rings. The molecular weight excluding hydrogens is 263 g/mol. The van der Waals surface area contributed by atoms with Gasteiger partial charge in [-0.15, -0.1) is 0 Å². The number of nitrogens with one attached hydrogen (secondary N) is 1. The molecule has 2 nitrogen and oxygen atoms in total. The van der Waals surface area contributed by atoms with Crippen LogP contribution in [0.4, 0.5) is 15.8 Å². The maximum absolute atomic E-state index is 13.4. The van der Waals surface area contributed by atoms with E-state index in [1.54, 1.807) is 12.1 Å². The van der Waals surface area contributed by atoms with Crippen LogP contribution in [0.2, 0.25) is 0 Å². The minimum absolute atomic E-state index is 0.168. The first kappa shape index (κ1) is 13.9. The van der Waals surface area contributed by atoms with E-state index in [9.17, 15) is 4.39 Å². The molecule has 0 bridgehead atoms. The lowest BCUT2D eigenvalue weighted by Gasteiger charge is -2.24. The molecule has 2 aromatic carbocycles. The summed E-state index contributed by atoms with van der Waals surface area (Å²) < 4.78 is 13.4. The third-order valence-electron chi connectivity index (χ3n) is 4.24. The fraction of sp³-hybridized carbons (Fsp3) is 0.333. The quantitative estimate of drug-likeness (QED) is 0.883. The fourth-order valence-corrected chi connectivity index (χ4v) is 3.07. The number of halogens is 1. The summed E-state index contributed by atoms with van der Waals surface area (Å²) in [7, 11) is 0. The van der Waals surface area contributed by atoms with Crippen LogP contribution in [0.3, 0.4) is 0 Å². The third-order valence-corrected chi connectivity index (χ3v) is 4.24. The first-order chi connectivity index (χ1) is 10.3. The van der Waals surface area contributed by atoms with Gasteiger partial charge in [0.2, 0.25) is 0 Å². The molecule has 110 valence electrons. The zero-order chi connectivity index (χ0) is 14.7. The first-order valence-corrected chi connectivity index (χ1v) is 7.61. The molecule has 1 aliphatic heterocycles. The van der Waals surface area contributed by atoms with Gasteiger partial charge in [0, 0.05) is 36.9 Å². The van der Waals surface area contributed by atoms with Crippen molar-refractivity contribution >= 4 is 11.4 Å². The molecule has 1 heterocycles. The summed E-state index contributed by atoms with van der Waals surface area (Å²) in [6.07, 6.45) is 1.08. The van der Waals surface area contributed by atoms with Gasteiger partial charge in [0.15, 0.2) is 0 Å². The summed E-state index contributed by atoms with van der Waals surface area (Å²) in [5.74, 6) is 0.377. The Hall–Kier alpha value is -2.03. The van der Waals surface area contributed by atoms with E-state index in [1.165, 1.54) is 17.3 Å². The Labute approximate surface area is 125 Å². The Kier molecular flexibility index (Phi) is 4.09.